The predicted molar refractivity (Wildman–Crippen MR) is 128 cm³/mol. The van der Waals surface area contributed by atoms with Gasteiger partial charge in [0.1, 0.15) is 5.75 Å². The van der Waals surface area contributed by atoms with Crippen molar-refractivity contribution in [2.24, 2.45) is 0 Å². The number of carbonyl (C=O) groups is 1. The van der Waals surface area contributed by atoms with Gasteiger partial charge in [0.2, 0.25) is 0 Å². The van der Waals surface area contributed by atoms with E-state index in [2.05, 4.69) is 21.2 Å². The molecule has 0 radical (unpaired) electrons. The van der Waals surface area contributed by atoms with Gasteiger partial charge in [-0.15, -0.1) is 0 Å². The van der Waals surface area contributed by atoms with Crippen LogP contribution in [0.5, 0.6) is 17.2 Å². The summed E-state index contributed by atoms with van der Waals surface area (Å²) in [7, 11) is 4.73. The largest absolute Gasteiger partial charge is 0.496 e. The van der Waals surface area contributed by atoms with Gasteiger partial charge in [-0.2, -0.15) is 0 Å². The molecule has 0 aliphatic carbocycles. The Labute approximate surface area is 194 Å². The lowest BCUT2D eigenvalue weighted by Gasteiger charge is -2.18. The van der Waals surface area contributed by atoms with E-state index in [9.17, 15) is 4.79 Å². The first-order valence-corrected chi connectivity index (χ1v) is 10.6. The number of methoxy groups -OCH3 is 3. The van der Waals surface area contributed by atoms with Crippen LogP contribution in [-0.4, -0.2) is 27.2 Å². The molecule has 0 saturated heterocycles. The van der Waals surface area contributed by atoms with Crippen molar-refractivity contribution in [1.82, 2.24) is 0 Å². The number of amides is 1. The fourth-order valence-corrected chi connectivity index (χ4v) is 4.35. The van der Waals surface area contributed by atoms with Gasteiger partial charge >= 0.3 is 0 Å². The number of fused-ring (bicyclic) bond motifs is 1. The minimum absolute atomic E-state index is 0.287. The van der Waals surface area contributed by atoms with Crippen LogP contribution in [0.15, 0.2) is 63.9 Å². The molecular formula is C25H22BrNO5. The van der Waals surface area contributed by atoms with Gasteiger partial charge in [-0.3, -0.25) is 4.79 Å². The molecular weight excluding hydrogens is 474 g/mol. The molecule has 6 nitrogen and oxygen atoms in total. The zero-order valence-corrected chi connectivity index (χ0v) is 19.7. The summed E-state index contributed by atoms with van der Waals surface area (Å²) in [6.45, 7) is 1.90. The number of hydrogen-bond donors (Lipinski definition) is 1. The summed E-state index contributed by atoms with van der Waals surface area (Å²) in [5, 5.41) is 4.73. The third-order valence-corrected chi connectivity index (χ3v) is 5.98. The van der Waals surface area contributed by atoms with Gasteiger partial charge in [-0.1, -0.05) is 18.2 Å². The van der Waals surface area contributed by atoms with Crippen molar-refractivity contribution in [2.45, 2.75) is 6.92 Å². The quantitative estimate of drug-likeness (QED) is 0.332. The fraction of sp³-hybridized carbons (Fsp3) is 0.160. The molecule has 0 atom stereocenters. The Morgan fingerprint density at radius 3 is 2.41 bits per heavy atom. The highest BCUT2D eigenvalue weighted by atomic mass is 79.9. The first kappa shape index (κ1) is 21.8. The summed E-state index contributed by atoms with van der Waals surface area (Å²) in [5.74, 6) is 1.38. The highest BCUT2D eigenvalue weighted by Crippen LogP contribution is 2.46. The van der Waals surface area contributed by atoms with E-state index in [-0.39, 0.29) is 5.91 Å². The number of benzene rings is 3. The number of halogens is 1. The van der Waals surface area contributed by atoms with Crippen LogP contribution in [-0.2, 0) is 0 Å². The van der Waals surface area contributed by atoms with Crippen LogP contribution in [0.4, 0.5) is 5.69 Å². The normalized spacial score (nSPS) is 10.8. The topological polar surface area (TPSA) is 69.9 Å². The van der Waals surface area contributed by atoms with Crippen molar-refractivity contribution >= 4 is 38.3 Å². The van der Waals surface area contributed by atoms with Gasteiger partial charge in [0.25, 0.3) is 5.91 Å². The zero-order valence-electron chi connectivity index (χ0n) is 18.1. The van der Waals surface area contributed by atoms with Crippen LogP contribution in [0.25, 0.3) is 21.9 Å². The molecule has 0 unspecified atom stereocenters. The summed E-state index contributed by atoms with van der Waals surface area (Å²) in [6, 6.07) is 13.1. The number of carbonyl (C=O) groups excluding carboxylic acids is 1. The maximum atomic E-state index is 13.3. The average Bonchev–Trinajstić information content (AvgIpc) is 3.33. The van der Waals surface area contributed by atoms with E-state index >= 15 is 0 Å². The maximum absolute atomic E-state index is 13.3. The lowest BCUT2D eigenvalue weighted by Crippen LogP contribution is -2.15. The molecule has 4 rings (SSSR count). The minimum Gasteiger partial charge on any atom is -0.496 e. The first-order chi connectivity index (χ1) is 15.5. The number of nitrogens with one attached hydrogen (secondary N) is 1. The number of rotatable bonds is 6. The van der Waals surface area contributed by atoms with Crippen molar-refractivity contribution in [1.29, 1.82) is 0 Å². The second-order valence-corrected chi connectivity index (χ2v) is 7.98. The van der Waals surface area contributed by atoms with Crippen LogP contribution in [0, 0.1) is 6.92 Å². The predicted octanol–water partition coefficient (Wildman–Crippen LogP) is 6.45. The van der Waals surface area contributed by atoms with E-state index < -0.39 is 0 Å². The lowest BCUT2D eigenvalue weighted by atomic mass is 9.97. The highest BCUT2D eigenvalue weighted by molar-refractivity contribution is 9.10. The number of furan rings is 1. The molecule has 4 aromatic rings. The Morgan fingerprint density at radius 1 is 0.969 bits per heavy atom. The average molecular weight is 496 g/mol. The molecule has 0 bridgehead atoms. The number of hydrogen-bond acceptors (Lipinski definition) is 5. The summed E-state index contributed by atoms with van der Waals surface area (Å²) < 4.78 is 22.7. The summed E-state index contributed by atoms with van der Waals surface area (Å²) in [5.41, 5.74) is 3.60. The molecule has 1 aromatic heterocycles. The number of ether oxygens (including phenoxy) is 3. The molecule has 1 amide bonds. The molecule has 164 valence electrons. The Morgan fingerprint density at radius 2 is 1.75 bits per heavy atom. The van der Waals surface area contributed by atoms with Gasteiger partial charge in [0.05, 0.1) is 39.4 Å². The van der Waals surface area contributed by atoms with Gasteiger partial charge < -0.3 is 23.9 Å². The number of anilines is 1. The summed E-state index contributed by atoms with van der Waals surface area (Å²) in [4.78, 5) is 13.3. The Bertz CT molecular complexity index is 1300. The molecule has 0 aliphatic rings. The molecule has 3 aromatic carbocycles. The fourth-order valence-electron chi connectivity index (χ4n) is 3.86. The van der Waals surface area contributed by atoms with Gasteiger partial charge in [-0.25, -0.2) is 0 Å². The Hall–Kier alpha value is -3.45. The third-order valence-electron chi connectivity index (χ3n) is 5.32. The van der Waals surface area contributed by atoms with Crippen molar-refractivity contribution in [3.05, 3.63) is 70.6 Å². The van der Waals surface area contributed by atoms with E-state index in [1.807, 2.05) is 49.4 Å². The van der Waals surface area contributed by atoms with Crippen LogP contribution in [0.2, 0.25) is 0 Å². The summed E-state index contributed by atoms with van der Waals surface area (Å²) in [6.07, 6.45) is 3.25. The van der Waals surface area contributed by atoms with Gasteiger partial charge in [0, 0.05) is 26.7 Å². The highest BCUT2D eigenvalue weighted by Gasteiger charge is 2.22. The first-order valence-electron chi connectivity index (χ1n) is 9.84. The molecule has 0 spiro atoms. The van der Waals surface area contributed by atoms with Crippen LogP contribution >= 0.6 is 15.9 Å². The lowest BCUT2D eigenvalue weighted by molar-refractivity contribution is 0.102. The summed E-state index contributed by atoms with van der Waals surface area (Å²) >= 11 is 3.48. The van der Waals surface area contributed by atoms with E-state index in [1.54, 1.807) is 33.9 Å². The molecule has 0 fully saturated rings. The van der Waals surface area contributed by atoms with Gasteiger partial charge in [-0.05, 0) is 58.1 Å². The van der Waals surface area contributed by atoms with Gasteiger partial charge in [0.15, 0.2) is 11.5 Å². The second kappa shape index (κ2) is 8.96. The SMILES string of the molecule is COc1cc2c(NC(=O)c3c(Br)ccc(C)c3OC)cccc2c(-c2ccoc2)c1OC. The van der Waals surface area contributed by atoms with Crippen molar-refractivity contribution in [3.63, 3.8) is 0 Å². The minimum atomic E-state index is -0.287. The molecule has 0 saturated carbocycles. The monoisotopic (exact) mass is 495 g/mol. The van der Waals surface area contributed by atoms with Crippen LogP contribution in [0.1, 0.15) is 15.9 Å². The van der Waals surface area contributed by atoms with Crippen LogP contribution < -0.4 is 19.5 Å². The van der Waals surface area contributed by atoms with E-state index in [0.29, 0.717) is 33.0 Å². The van der Waals surface area contributed by atoms with Crippen molar-refractivity contribution in [3.8, 4) is 28.4 Å². The smallest absolute Gasteiger partial charge is 0.260 e. The maximum Gasteiger partial charge on any atom is 0.260 e. The van der Waals surface area contributed by atoms with E-state index in [1.165, 1.54) is 0 Å². The zero-order chi connectivity index (χ0) is 22.8. The molecule has 1 N–H and O–H groups in total. The third kappa shape index (κ3) is 3.69. The van der Waals surface area contributed by atoms with Crippen molar-refractivity contribution in [2.75, 3.05) is 26.6 Å². The van der Waals surface area contributed by atoms with Crippen LogP contribution in [0.3, 0.4) is 0 Å². The standard InChI is InChI=1S/C25H22BrNO5/c1-14-8-9-18(26)22(23(14)30-3)25(28)27-19-7-5-6-16-17(19)12-20(29-2)24(31-4)21(16)15-10-11-32-13-15/h5-13H,1-4H3,(H,27,28). The number of aryl methyl sites for hydroxylation is 1. The second-order valence-electron chi connectivity index (χ2n) is 7.13. The van der Waals surface area contributed by atoms with E-state index in [0.717, 1.165) is 27.5 Å². The van der Waals surface area contributed by atoms with Crippen molar-refractivity contribution < 1.29 is 23.4 Å². The molecule has 0 aliphatic heterocycles. The Balaban J connectivity index is 1.90. The Kier molecular flexibility index (Phi) is 6.10. The van der Waals surface area contributed by atoms with E-state index in [4.69, 9.17) is 18.6 Å². The molecule has 32 heavy (non-hydrogen) atoms. The molecule has 1 heterocycles. The molecule has 7 heteroatoms.